The molecular formula is C13H17ClN2O2S. The summed E-state index contributed by atoms with van der Waals surface area (Å²) in [7, 11) is -2.11. The Balaban J connectivity index is 3.11. The van der Waals surface area contributed by atoms with Crippen molar-refractivity contribution in [1.29, 1.82) is 0 Å². The fraction of sp³-hybridized carbons (Fsp3) is 0.385. The number of halogens is 1. The highest BCUT2D eigenvalue weighted by Crippen LogP contribution is 2.22. The lowest BCUT2D eigenvalue weighted by molar-refractivity contribution is 0.503. The standard InChI is InChI=1S/C13H17ClN2O2S/c1-4-8-16(3)19(17,18)12-6-7-13(14)11(9-12)10-15-5-2/h1,6-7,9,15H,5,8,10H2,2-3H3. The second-order valence-electron chi connectivity index (χ2n) is 4.00. The molecule has 4 nitrogen and oxygen atoms in total. The summed E-state index contributed by atoms with van der Waals surface area (Å²) in [6.45, 7) is 3.31. The lowest BCUT2D eigenvalue weighted by Gasteiger charge is -2.15. The van der Waals surface area contributed by atoms with Crippen LogP contribution in [0.3, 0.4) is 0 Å². The van der Waals surface area contributed by atoms with E-state index in [2.05, 4.69) is 11.2 Å². The first-order chi connectivity index (χ1) is 8.93. The Morgan fingerprint density at radius 2 is 2.16 bits per heavy atom. The lowest BCUT2D eigenvalue weighted by atomic mass is 10.2. The van der Waals surface area contributed by atoms with Crippen LogP contribution in [0.25, 0.3) is 0 Å². The van der Waals surface area contributed by atoms with Crippen molar-refractivity contribution in [2.24, 2.45) is 0 Å². The van der Waals surface area contributed by atoms with Gasteiger partial charge in [-0.15, -0.1) is 6.42 Å². The molecule has 0 radical (unpaired) electrons. The summed E-state index contributed by atoms with van der Waals surface area (Å²) in [5.74, 6) is 2.31. The summed E-state index contributed by atoms with van der Waals surface area (Å²) in [6, 6.07) is 4.65. The molecule has 1 aromatic carbocycles. The Hall–Kier alpha value is -1.06. The summed E-state index contributed by atoms with van der Waals surface area (Å²) >= 11 is 6.04. The van der Waals surface area contributed by atoms with Crippen LogP contribution in [0.5, 0.6) is 0 Å². The Labute approximate surface area is 119 Å². The summed E-state index contributed by atoms with van der Waals surface area (Å²) < 4.78 is 25.6. The van der Waals surface area contributed by atoms with Crippen LogP contribution in [-0.4, -0.2) is 32.9 Å². The van der Waals surface area contributed by atoms with E-state index in [1.807, 2.05) is 6.92 Å². The molecule has 0 heterocycles. The van der Waals surface area contributed by atoms with Crippen molar-refractivity contribution < 1.29 is 8.42 Å². The van der Waals surface area contributed by atoms with Crippen molar-refractivity contribution in [3.63, 3.8) is 0 Å². The van der Waals surface area contributed by atoms with Gasteiger partial charge in [0.25, 0.3) is 0 Å². The van der Waals surface area contributed by atoms with Gasteiger partial charge in [-0.1, -0.05) is 24.4 Å². The highest BCUT2D eigenvalue weighted by Gasteiger charge is 2.20. The largest absolute Gasteiger partial charge is 0.313 e. The van der Waals surface area contributed by atoms with Gasteiger partial charge in [0.2, 0.25) is 10.0 Å². The van der Waals surface area contributed by atoms with Gasteiger partial charge >= 0.3 is 0 Å². The van der Waals surface area contributed by atoms with Gasteiger partial charge in [-0.25, -0.2) is 8.42 Å². The number of nitrogens with one attached hydrogen (secondary N) is 1. The van der Waals surface area contributed by atoms with Crippen molar-refractivity contribution in [3.8, 4) is 12.3 Å². The van der Waals surface area contributed by atoms with Crippen LogP contribution in [0.15, 0.2) is 23.1 Å². The normalized spacial score (nSPS) is 11.5. The summed E-state index contributed by atoms with van der Waals surface area (Å²) in [6.07, 6.45) is 5.14. The number of benzene rings is 1. The van der Waals surface area contributed by atoms with E-state index in [9.17, 15) is 8.42 Å². The predicted octanol–water partition coefficient (Wildman–Crippen LogP) is 1.70. The van der Waals surface area contributed by atoms with Gasteiger partial charge in [-0.3, -0.25) is 0 Å². The third kappa shape index (κ3) is 3.95. The number of terminal acetylenes is 1. The van der Waals surface area contributed by atoms with Crippen molar-refractivity contribution in [1.82, 2.24) is 9.62 Å². The minimum absolute atomic E-state index is 0.0352. The van der Waals surface area contributed by atoms with E-state index in [0.717, 1.165) is 16.4 Å². The van der Waals surface area contributed by atoms with Gasteiger partial charge in [-0.05, 0) is 30.3 Å². The third-order valence-electron chi connectivity index (χ3n) is 2.60. The molecule has 104 valence electrons. The molecule has 0 atom stereocenters. The molecule has 0 saturated carbocycles. The minimum Gasteiger partial charge on any atom is -0.313 e. The summed E-state index contributed by atoms with van der Waals surface area (Å²) in [5.41, 5.74) is 0.749. The van der Waals surface area contributed by atoms with Crippen LogP contribution < -0.4 is 5.32 Å². The molecule has 0 saturated heterocycles. The number of rotatable bonds is 6. The van der Waals surface area contributed by atoms with Gasteiger partial charge in [0.1, 0.15) is 0 Å². The van der Waals surface area contributed by atoms with Gasteiger partial charge in [-0.2, -0.15) is 4.31 Å². The molecule has 0 amide bonds. The van der Waals surface area contributed by atoms with Crippen molar-refractivity contribution in [2.75, 3.05) is 20.1 Å². The van der Waals surface area contributed by atoms with Crippen LogP contribution in [0.1, 0.15) is 12.5 Å². The number of sulfonamides is 1. The van der Waals surface area contributed by atoms with Gasteiger partial charge in [0, 0.05) is 18.6 Å². The van der Waals surface area contributed by atoms with E-state index in [4.69, 9.17) is 18.0 Å². The van der Waals surface area contributed by atoms with E-state index >= 15 is 0 Å². The van der Waals surface area contributed by atoms with Crippen molar-refractivity contribution in [3.05, 3.63) is 28.8 Å². The zero-order valence-corrected chi connectivity index (χ0v) is 12.6. The van der Waals surface area contributed by atoms with Crippen LogP contribution in [0.4, 0.5) is 0 Å². The molecule has 1 aromatic rings. The van der Waals surface area contributed by atoms with E-state index in [1.165, 1.54) is 13.1 Å². The molecule has 0 fully saturated rings. The maximum absolute atomic E-state index is 12.2. The zero-order chi connectivity index (χ0) is 14.5. The van der Waals surface area contributed by atoms with Gasteiger partial charge in [0.05, 0.1) is 11.4 Å². The number of hydrogen-bond donors (Lipinski definition) is 1. The first kappa shape index (κ1) is 16.0. The fourth-order valence-corrected chi connectivity index (χ4v) is 2.82. The van der Waals surface area contributed by atoms with E-state index < -0.39 is 10.0 Å². The Morgan fingerprint density at radius 1 is 1.47 bits per heavy atom. The lowest BCUT2D eigenvalue weighted by Crippen LogP contribution is -2.27. The van der Waals surface area contributed by atoms with Crippen LogP contribution in [0, 0.1) is 12.3 Å². The molecule has 19 heavy (non-hydrogen) atoms. The summed E-state index contributed by atoms with van der Waals surface area (Å²) in [4.78, 5) is 0.197. The van der Waals surface area contributed by atoms with E-state index in [0.29, 0.717) is 11.6 Å². The first-order valence-corrected chi connectivity index (χ1v) is 7.64. The number of nitrogens with zero attached hydrogens (tertiary/aromatic N) is 1. The molecule has 0 spiro atoms. The quantitative estimate of drug-likeness (QED) is 0.814. The molecule has 0 aliphatic rings. The van der Waals surface area contributed by atoms with Gasteiger partial charge < -0.3 is 5.32 Å². The maximum Gasteiger partial charge on any atom is 0.243 e. The Kier molecular flexibility index (Phi) is 5.83. The molecule has 0 bridgehead atoms. The molecule has 0 unspecified atom stereocenters. The molecule has 0 aliphatic carbocycles. The maximum atomic E-state index is 12.2. The van der Waals surface area contributed by atoms with Crippen molar-refractivity contribution in [2.45, 2.75) is 18.4 Å². The van der Waals surface area contributed by atoms with Gasteiger partial charge in [0.15, 0.2) is 0 Å². The molecule has 0 aromatic heterocycles. The molecule has 1 rings (SSSR count). The monoisotopic (exact) mass is 300 g/mol. The highest BCUT2D eigenvalue weighted by atomic mass is 35.5. The third-order valence-corrected chi connectivity index (χ3v) is 4.77. The highest BCUT2D eigenvalue weighted by molar-refractivity contribution is 7.89. The van der Waals surface area contributed by atoms with Crippen LogP contribution >= 0.6 is 11.6 Å². The van der Waals surface area contributed by atoms with Crippen molar-refractivity contribution >= 4 is 21.6 Å². The predicted molar refractivity (Wildman–Crippen MR) is 77.5 cm³/mol. The molecular weight excluding hydrogens is 284 g/mol. The fourth-order valence-electron chi connectivity index (χ4n) is 1.50. The zero-order valence-electron chi connectivity index (χ0n) is 11.0. The van der Waals surface area contributed by atoms with Crippen LogP contribution in [-0.2, 0) is 16.6 Å². The summed E-state index contributed by atoms with van der Waals surface area (Å²) in [5, 5.41) is 3.65. The molecule has 0 aliphatic heterocycles. The second kappa shape index (κ2) is 6.92. The molecule has 1 N–H and O–H groups in total. The first-order valence-electron chi connectivity index (χ1n) is 5.82. The number of hydrogen-bond acceptors (Lipinski definition) is 3. The van der Waals surface area contributed by atoms with E-state index in [-0.39, 0.29) is 11.4 Å². The second-order valence-corrected chi connectivity index (χ2v) is 6.45. The average Bonchev–Trinajstić information content (AvgIpc) is 2.37. The average molecular weight is 301 g/mol. The van der Waals surface area contributed by atoms with E-state index in [1.54, 1.807) is 12.1 Å². The SMILES string of the molecule is C#CCN(C)S(=O)(=O)c1ccc(Cl)c(CNCC)c1. The topological polar surface area (TPSA) is 49.4 Å². The minimum atomic E-state index is -3.56. The Bertz CT molecular complexity index is 579. The Morgan fingerprint density at radius 3 is 2.74 bits per heavy atom. The smallest absolute Gasteiger partial charge is 0.243 e. The molecule has 6 heteroatoms. The van der Waals surface area contributed by atoms with Crippen LogP contribution in [0.2, 0.25) is 5.02 Å².